The zero-order valence-corrected chi connectivity index (χ0v) is 9.50. The first kappa shape index (κ1) is 11.6. The van der Waals surface area contributed by atoms with E-state index in [9.17, 15) is 0 Å². The first-order valence-corrected chi connectivity index (χ1v) is 4.98. The highest BCUT2D eigenvalue weighted by Crippen LogP contribution is 2.24. The smallest absolute Gasteiger partial charge is 0.122 e. The average molecular weight is 203 g/mol. The van der Waals surface area contributed by atoms with Crippen LogP contribution in [0.5, 0.6) is 5.75 Å². The number of aryl methyl sites for hydroxylation is 1. The predicted molar refractivity (Wildman–Crippen MR) is 63.0 cm³/mol. The molecule has 0 aliphatic rings. The molecule has 2 heteroatoms. The first-order chi connectivity index (χ1) is 7.22. The van der Waals surface area contributed by atoms with Crippen molar-refractivity contribution in [2.45, 2.75) is 19.4 Å². The Morgan fingerprint density at radius 2 is 2.27 bits per heavy atom. The van der Waals surface area contributed by atoms with Crippen LogP contribution in [0, 0.1) is 19.3 Å². The minimum Gasteiger partial charge on any atom is -0.496 e. The van der Waals surface area contributed by atoms with Gasteiger partial charge in [0.15, 0.2) is 0 Å². The highest BCUT2D eigenvalue weighted by molar-refractivity contribution is 5.38. The van der Waals surface area contributed by atoms with E-state index in [-0.39, 0.29) is 6.04 Å². The summed E-state index contributed by atoms with van der Waals surface area (Å²) in [4.78, 5) is 0. The Hall–Kier alpha value is -1.46. The molecule has 0 saturated carbocycles. The van der Waals surface area contributed by atoms with E-state index in [1.54, 1.807) is 7.11 Å². The molecule has 0 radical (unpaired) electrons. The van der Waals surface area contributed by atoms with Gasteiger partial charge in [-0.25, -0.2) is 0 Å². The number of rotatable bonds is 4. The molecule has 0 amide bonds. The van der Waals surface area contributed by atoms with Crippen LogP contribution in [0.2, 0.25) is 0 Å². The molecule has 0 spiro atoms. The molecule has 0 saturated heterocycles. The van der Waals surface area contributed by atoms with Crippen molar-refractivity contribution in [3.8, 4) is 18.1 Å². The molecule has 2 nitrogen and oxygen atoms in total. The van der Waals surface area contributed by atoms with Crippen LogP contribution in [0.25, 0.3) is 0 Å². The molecule has 80 valence electrons. The quantitative estimate of drug-likeness (QED) is 0.758. The predicted octanol–water partition coefficient (Wildman–Crippen LogP) is 2.29. The molecule has 0 bridgehead atoms. The van der Waals surface area contributed by atoms with Gasteiger partial charge in [0.05, 0.1) is 7.11 Å². The molecular weight excluding hydrogens is 186 g/mol. The van der Waals surface area contributed by atoms with E-state index in [2.05, 4.69) is 23.4 Å². The van der Waals surface area contributed by atoms with E-state index in [0.29, 0.717) is 6.42 Å². The van der Waals surface area contributed by atoms with Gasteiger partial charge in [0.25, 0.3) is 0 Å². The summed E-state index contributed by atoms with van der Waals surface area (Å²) in [5.41, 5.74) is 2.30. The van der Waals surface area contributed by atoms with Gasteiger partial charge in [-0.05, 0) is 31.2 Å². The van der Waals surface area contributed by atoms with Crippen LogP contribution in [-0.2, 0) is 0 Å². The fraction of sp³-hybridized carbons (Fsp3) is 0.385. The molecule has 0 fully saturated rings. The van der Waals surface area contributed by atoms with Crippen molar-refractivity contribution in [2.24, 2.45) is 0 Å². The van der Waals surface area contributed by atoms with Crippen molar-refractivity contribution >= 4 is 0 Å². The number of benzene rings is 1. The molecule has 1 rings (SSSR count). The number of hydrogen-bond donors (Lipinski definition) is 1. The van der Waals surface area contributed by atoms with Crippen molar-refractivity contribution < 1.29 is 4.74 Å². The second-order valence-corrected chi connectivity index (χ2v) is 3.48. The summed E-state index contributed by atoms with van der Waals surface area (Å²) >= 11 is 0. The Kier molecular flexibility index (Phi) is 4.20. The summed E-state index contributed by atoms with van der Waals surface area (Å²) in [5.74, 6) is 3.57. The molecule has 1 aromatic rings. The van der Waals surface area contributed by atoms with Gasteiger partial charge in [-0.15, -0.1) is 12.3 Å². The zero-order valence-electron chi connectivity index (χ0n) is 9.50. The molecule has 1 unspecified atom stereocenters. The van der Waals surface area contributed by atoms with E-state index >= 15 is 0 Å². The number of methoxy groups -OCH3 is 1. The Balaban J connectivity index is 2.99. The third kappa shape index (κ3) is 2.74. The second-order valence-electron chi connectivity index (χ2n) is 3.48. The summed E-state index contributed by atoms with van der Waals surface area (Å²) in [6.07, 6.45) is 6.00. The minimum atomic E-state index is 0.199. The van der Waals surface area contributed by atoms with Gasteiger partial charge >= 0.3 is 0 Å². The van der Waals surface area contributed by atoms with Crippen LogP contribution in [-0.4, -0.2) is 14.2 Å². The van der Waals surface area contributed by atoms with Crippen LogP contribution in [0.3, 0.4) is 0 Å². The first-order valence-electron chi connectivity index (χ1n) is 4.98. The van der Waals surface area contributed by atoms with Gasteiger partial charge in [-0.2, -0.15) is 0 Å². The third-order valence-electron chi connectivity index (χ3n) is 2.50. The summed E-state index contributed by atoms with van der Waals surface area (Å²) < 4.78 is 5.28. The maximum absolute atomic E-state index is 5.32. The Morgan fingerprint density at radius 3 is 2.80 bits per heavy atom. The average Bonchev–Trinajstić information content (AvgIpc) is 2.27. The summed E-state index contributed by atoms with van der Waals surface area (Å²) in [6.45, 7) is 2.03. The lowest BCUT2D eigenvalue weighted by molar-refractivity contribution is 0.410. The third-order valence-corrected chi connectivity index (χ3v) is 2.50. The van der Waals surface area contributed by atoms with Crippen LogP contribution in [0.1, 0.15) is 23.6 Å². The van der Waals surface area contributed by atoms with Crippen LogP contribution in [0.4, 0.5) is 0 Å². The van der Waals surface area contributed by atoms with Gasteiger partial charge in [-0.3, -0.25) is 0 Å². The number of ether oxygens (including phenoxy) is 1. The minimum absolute atomic E-state index is 0.199. The topological polar surface area (TPSA) is 21.3 Å². The van der Waals surface area contributed by atoms with Gasteiger partial charge in [0, 0.05) is 12.5 Å². The van der Waals surface area contributed by atoms with Crippen molar-refractivity contribution in [2.75, 3.05) is 14.2 Å². The van der Waals surface area contributed by atoms with E-state index < -0.39 is 0 Å². The van der Waals surface area contributed by atoms with Crippen molar-refractivity contribution in [3.63, 3.8) is 0 Å². The van der Waals surface area contributed by atoms with Crippen LogP contribution >= 0.6 is 0 Å². The Morgan fingerprint density at radius 1 is 1.53 bits per heavy atom. The van der Waals surface area contributed by atoms with Gasteiger partial charge in [0.1, 0.15) is 5.75 Å². The molecule has 0 aliphatic carbocycles. The monoisotopic (exact) mass is 203 g/mol. The second kappa shape index (κ2) is 5.43. The van der Waals surface area contributed by atoms with Crippen molar-refractivity contribution in [1.82, 2.24) is 5.32 Å². The number of hydrogen-bond acceptors (Lipinski definition) is 2. The lowest BCUT2D eigenvalue weighted by Gasteiger charge is -2.15. The summed E-state index contributed by atoms with van der Waals surface area (Å²) in [7, 11) is 3.59. The van der Waals surface area contributed by atoms with Gasteiger partial charge in [0.2, 0.25) is 0 Å². The molecule has 0 aliphatic heterocycles. The van der Waals surface area contributed by atoms with E-state index in [1.807, 2.05) is 20.0 Å². The fourth-order valence-electron chi connectivity index (χ4n) is 1.56. The zero-order chi connectivity index (χ0) is 11.3. The fourth-order valence-corrected chi connectivity index (χ4v) is 1.56. The molecule has 15 heavy (non-hydrogen) atoms. The maximum atomic E-state index is 5.32. The van der Waals surface area contributed by atoms with Crippen LogP contribution in [0.15, 0.2) is 18.2 Å². The number of nitrogens with one attached hydrogen (secondary N) is 1. The molecule has 0 aromatic heterocycles. The largest absolute Gasteiger partial charge is 0.496 e. The molecule has 1 atom stereocenters. The van der Waals surface area contributed by atoms with Crippen molar-refractivity contribution in [3.05, 3.63) is 29.3 Å². The Labute approximate surface area is 91.6 Å². The van der Waals surface area contributed by atoms with E-state index in [0.717, 1.165) is 16.9 Å². The lowest BCUT2D eigenvalue weighted by atomic mass is 10.0. The van der Waals surface area contributed by atoms with Crippen molar-refractivity contribution in [1.29, 1.82) is 0 Å². The molecule has 1 aromatic carbocycles. The molecule has 1 N–H and O–H groups in total. The highest BCUT2D eigenvalue weighted by Gasteiger charge is 2.09. The van der Waals surface area contributed by atoms with Gasteiger partial charge < -0.3 is 10.1 Å². The SMILES string of the molecule is C#CCC(NC)c1ccc(C)c(OC)c1. The Bertz CT molecular complexity index is 365. The molecule has 0 heterocycles. The van der Waals surface area contributed by atoms with Gasteiger partial charge in [-0.1, -0.05) is 12.1 Å². The lowest BCUT2D eigenvalue weighted by Crippen LogP contribution is -2.15. The normalized spacial score (nSPS) is 11.9. The maximum Gasteiger partial charge on any atom is 0.122 e. The summed E-state index contributed by atoms with van der Waals surface area (Å²) in [5, 5.41) is 3.19. The standard InChI is InChI=1S/C13H17NO/c1-5-6-12(14-3)11-8-7-10(2)13(9-11)15-4/h1,7-9,12,14H,6H2,2-4H3. The highest BCUT2D eigenvalue weighted by atomic mass is 16.5. The summed E-state index contributed by atoms with van der Waals surface area (Å²) in [6, 6.07) is 6.36. The number of terminal acetylenes is 1. The molecular formula is C13H17NO. The van der Waals surface area contributed by atoms with E-state index in [1.165, 1.54) is 0 Å². The van der Waals surface area contributed by atoms with Crippen LogP contribution < -0.4 is 10.1 Å². The van der Waals surface area contributed by atoms with E-state index in [4.69, 9.17) is 11.2 Å².